The first kappa shape index (κ1) is 15.5. The minimum atomic E-state index is -3.66. The van der Waals surface area contributed by atoms with Gasteiger partial charge in [0.05, 0.1) is 11.3 Å². The van der Waals surface area contributed by atoms with E-state index in [0.717, 1.165) is 18.4 Å². The Labute approximate surface area is 126 Å². The lowest BCUT2D eigenvalue weighted by molar-refractivity contribution is -0.137. The second kappa shape index (κ2) is 5.83. The highest BCUT2D eigenvalue weighted by molar-refractivity contribution is 9.10. The van der Waals surface area contributed by atoms with Gasteiger partial charge in [-0.2, -0.15) is 4.31 Å². The summed E-state index contributed by atoms with van der Waals surface area (Å²) in [6.07, 6.45) is 1.41. The van der Waals surface area contributed by atoms with Gasteiger partial charge in [-0.1, -0.05) is 6.07 Å². The second-order valence-electron chi connectivity index (χ2n) is 4.92. The van der Waals surface area contributed by atoms with Gasteiger partial charge in [-0.25, -0.2) is 8.42 Å². The van der Waals surface area contributed by atoms with Gasteiger partial charge >= 0.3 is 5.97 Å². The van der Waals surface area contributed by atoms with Crippen molar-refractivity contribution in [2.75, 3.05) is 6.54 Å². The number of hydrogen-bond acceptors (Lipinski definition) is 3. The Morgan fingerprint density at radius 3 is 2.60 bits per heavy atom. The maximum atomic E-state index is 12.7. The Hall–Kier alpha value is -0.920. The Bertz CT molecular complexity index is 625. The van der Waals surface area contributed by atoms with E-state index in [1.807, 2.05) is 6.92 Å². The lowest BCUT2D eigenvalue weighted by atomic mass is 10.2. The van der Waals surface area contributed by atoms with Gasteiger partial charge in [-0.15, -0.1) is 0 Å². The molecular weight excluding hydrogens is 346 g/mol. The zero-order chi connectivity index (χ0) is 14.9. The predicted octanol–water partition coefficient (Wildman–Crippen LogP) is 2.39. The first-order chi connectivity index (χ1) is 9.32. The van der Waals surface area contributed by atoms with E-state index in [1.54, 1.807) is 18.2 Å². The molecule has 0 amide bonds. The molecule has 1 aliphatic rings. The minimum Gasteiger partial charge on any atom is -0.481 e. The number of benzene rings is 1. The highest BCUT2D eigenvalue weighted by atomic mass is 79.9. The van der Waals surface area contributed by atoms with Crippen molar-refractivity contribution < 1.29 is 18.3 Å². The standard InChI is InChI=1S/C13H16BrNO4S/c1-9-2-5-12(11(14)8-9)20(18,19)15(10-3-4-10)7-6-13(16)17/h2,5,8,10H,3-4,6-7H2,1H3,(H,16,17). The third kappa shape index (κ3) is 3.39. The van der Waals surface area contributed by atoms with Crippen LogP contribution in [0.4, 0.5) is 0 Å². The predicted molar refractivity (Wildman–Crippen MR) is 78.0 cm³/mol. The summed E-state index contributed by atoms with van der Waals surface area (Å²) in [5.41, 5.74) is 0.958. The van der Waals surface area contributed by atoms with Gasteiger partial charge in [0.2, 0.25) is 10.0 Å². The van der Waals surface area contributed by atoms with E-state index in [1.165, 1.54) is 4.31 Å². The van der Waals surface area contributed by atoms with Crippen LogP contribution in [-0.2, 0) is 14.8 Å². The molecule has 1 N–H and O–H groups in total. The van der Waals surface area contributed by atoms with Crippen LogP contribution in [0.5, 0.6) is 0 Å². The zero-order valence-corrected chi connectivity index (χ0v) is 13.4. The normalized spacial score (nSPS) is 15.6. The van der Waals surface area contributed by atoms with E-state index in [9.17, 15) is 13.2 Å². The lowest BCUT2D eigenvalue weighted by Crippen LogP contribution is -2.35. The van der Waals surface area contributed by atoms with Crippen LogP contribution >= 0.6 is 15.9 Å². The van der Waals surface area contributed by atoms with Crippen LogP contribution < -0.4 is 0 Å². The van der Waals surface area contributed by atoms with Crippen molar-refractivity contribution in [1.29, 1.82) is 0 Å². The fraction of sp³-hybridized carbons (Fsp3) is 0.462. The number of rotatable bonds is 6. The van der Waals surface area contributed by atoms with E-state index >= 15 is 0 Å². The summed E-state index contributed by atoms with van der Waals surface area (Å²) < 4.78 is 27.2. The van der Waals surface area contributed by atoms with Crippen molar-refractivity contribution in [2.24, 2.45) is 0 Å². The molecule has 1 aromatic carbocycles. The van der Waals surface area contributed by atoms with Gasteiger partial charge in [-0.05, 0) is 53.4 Å². The highest BCUT2D eigenvalue weighted by Crippen LogP contribution is 2.34. The van der Waals surface area contributed by atoms with Crippen LogP contribution in [0.1, 0.15) is 24.8 Å². The van der Waals surface area contributed by atoms with Gasteiger partial charge in [0.25, 0.3) is 0 Å². The molecule has 110 valence electrons. The van der Waals surface area contributed by atoms with Gasteiger partial charge < -0.3 is 5.11 Å². The number of sulfonamides is 1. The quantitative estimate of drug-likeness (QED) is 0.843. The van der Waals surface area contributed by atoms with Crippen LogP contribution in [0.15, 0.2) is 27.6 Å². The number of nitrogens with zero attached hydrogens (tertiary/aromatic N) is 1. The third-order valence-corrected chi connectivity index (χ3v) is 6.10. The van der Waals surface area contributed by atoms with E-state index in [4.69, 9.17) is 5.11 Å². The second-order valence-corrected chi connectivity index (χ2v) is 7.64. The molecule has 0 aromatic heterocycles. The average molecular weight is 362 g/mol. The fourth-order valence-electron chi connectivity index (χ4n) is 2.01. The smallest absolute Gasteiger partial charge is 0.304 e. The molecule has 5 nitrogen and oxygen atoms in total. The SMILES string of the molecule is Cc1ccc(S(=O)(=O)N(CCC(=O)O)C2CC2)c(Br)c1. The van der Waals surface area contributed by atoms with Crippen molar-refractivity contribution >= 4 is 31.9 Å². The van der Waals surface area contributed by atoms with E-state index in [2.05, 4.69) is 15.9 Å². The first-order valence-electron chi connectivity index (χ1n) is 6.32. The molecule has 1 aliphatic carbocycles. The molecule has 0 bridgehead atoms. The molecule has 0 saturated heterocycles. The molecule has 7 heteroatoms. The molecule has 0 radical (unpaired) electrons. The van der Waals surface area contributed by atoms with Crippen LogP contribution in [0, 0.1) is 6.92 Å². The maximum absolute atomic E-state index is 12.7. The maximum Gasteiger partial charge on any atom is 0.304 e. The molecule has 0 unspecified atom stereocenters. The van der Waals surface area contributed by atoms with E-state index in [-0.39, 0.29) is 23.9 Å². The molecule has 20 heavy (non-hydrogen) atoms. The number of aliphatic carboxylic acids is 1. The van der Waals surface area contributed by atoms with Gasteiger partial charge in [-0.3, -0.25) is 4.79 Å². The summed E-state index contributed by atoms with van der Waals surface area (Å²) >= 11 is 3.28. The monoisotopic (exact) mass is 361 g/mol. The number of carboxylic acid groups (broad SMARTS) is 1. The summed E-state index contributed by atoms with van der Waals surface area (Å²) in [5.74, 6) is -0.992. The van der Waals surface area contributed by atoms with Crippen LogP contribution in [0.3, 0.4) is 0 Å². The molecule has 1 saturated carbocycles. The molecule has 2 rings (SSSR count). The minimum absolute atomic E-state index is 0.0165. The number of carboxylic acids is 1. The van der Waals surface area contributed by atoms with E-state index < -0.39 is 16.0 Å². The fourth-order valence-corrected chi connectivity index (χ4v) is 4.85. The summed E-state index contributed by atoms with van der Waals surface area (Å²) in [6.45, 7) is 1.90. The first-order valence-corrected chi connectivity index (χ1v) is 8.55. The van der Waals surface area contributed by atoms with E-state index in [0.29, 0.717) is 4.47 Å². The van der Waals surface area contributed by atoms with Crippen LogP contribution in [-0.4, -0.2) is 36.4 Å². The largest absolute Gasteiger partial charge is 0.481 e. The molecular formula is C13H16BrNO4S. The Balaban J connectivity index is 2.32. The average Bonchev–Trinajstić information content (AvgIpc) is 3.12. The topological polar surface area (TPSA) is 74.7 Å². The molecule has 1 aromatic rings. The Kier molecular flexibility index (Phi) is 4.51. The summed E-state index contributed by atoms with van der Waals surface area (Å²) in [6, 6.07) is 4.98. The molecule has 0 spiro atoms. The molecule has 0 heterocycles. The number of halogens is 1. The summed E-state index contributed by atoms with van der Waals surface area (Å²) in [4.78, 5) is 10.9. The number of aryl methyl sites for hydroxylation is 1. The van der Waals surface area contributed by atoms with Crippen LogP contribution in [0.25, 0.3) is 0 Å². The zero-order valence-electron chi connectivity index (χ0n) is 11.0. The Morgan fingerprint density at radius 2 is 2.10 bits per heavy atom. The van der Waals surface area contributed by atoms with Crippen LogP contribution in [0.2, 0.25) is 0 Å². The Morgan fingerprint density at radius 1 is 1.45 bits per heavy atom. The van der Waals surface area contributed by atoms with Crippen molar-refractivity contribution in [3.8, 4) is 0 Å². The van der Waals surface area contributed by atoms with Crippen molar-refractivity contribution in [1.82, 2.24) is 4.31 Å². The summed E-state index contributed by atoms with van der Waals surface area (Å²) in [7, 11) is -3.66. The summed E-state index contributed by atoms with van der Waals surface area (Å²) in [5, 5.41) is 8.76. The highest BCUT2D eigenvalue weighted by Gasteiger charge is 2.38. The molecule has 0 atom stereocenters. The van der Waals surface area contributed by atoms with Gasteiger partial charge in [0.1, 0.15) is 0 Å². The van der Waals surface area contributed by atoms with Gasteiger partial charge in [0, 0.05) is 17.1 Å². The molecule has 1 fully saturated rings. The van der Waals surface area contributed by atoms with Crippen molar-refractivity contribution in [3.05, 3.63) is 28.2 Å². The molecule has 0 aliphatic heterocycles. The van der Waals surface area contributed by atoms with Crippen molar-refractivity contribution in [3.63, 3.8) is 0 Å². The van der Waals surface area contributed by atoms with Gasteiger partial charge in [0.15, 0.2) is 0 Å². The van der Waals surface area contributed by atoms with Crippen molar-refractivity contribution in [2.45, 2.75) is 37.1 Å². The number of hydrogen-bond donors (Lipinski definition) is 1. The number of carbonyl (C=O) groups is 1. The third-order valence-electron chi connectivity index (χ3n) is 3.17. The lowest BCUT2D eigenvalue weighted by Gasteiger charge is -2.22.